The summed E-state index contributed by atoms with van der Waals surface area (Å²) in [6.07, 6.45) is 2.46. The van der Waals surface area contributed by atoms with Gasteiger partial charge in [-0.2, -0.15) is 4.31 Å². The van der Waals surface area contributed by atoms with Crippen molar-refractivity contribution in [1.82, 2.24) is 4.31 Å². The lowest BCUT2D eigenvalue weighted by atomic mass is 9.94. The first kappa shape index (κ1) is 22.5. The average Bonchev–Trinajstić information content (AvgIpc) is 3.19. The number of carbonyl (C=O) groups excluding carboxylic acids is 2. The topological polar surface area (TPSA) is 86.8 Å². The first-order valence-corrected chi connectivity index (χ1v) is 12.5. The second kappa shape index (κ2) is 9.03. The molecule has 2 saturated heterocycles. The summed E-state index contributed by atoms with van der Waals surface area (Å²) in [6, 6.07) is 13.2. The summed E-state index contributed by atoms with van der Waals surface area (Å²) in [4.78, 5) is 26.4. The number of amides is 2. The van der Waals surface area contributed by atoms with Gasteiger partial charge in [0.15, 0.2) is 0 Å². The standard InChI is InChI=1S/C24H29N3O4S/c1-17-14-18(2)16-26(15-17)32(30,31)22-11-5-19(6-12-22)24(29)25-20-7-9-21(10-8-20)27-13-3-4-23(27)28/h5-12,17-18H,3-4,13-16H2,1-2H3,(H,25,29). The fraction of sp³-hybridized carbons (Fsp3) is 0.417. The number of rotatable bonds is 5. The van der Waals surface area contributed by atoms with Crippen LogP contribution < -0.4 is 10.2 Å². The quantitative estimate of drug-likeness (QED) is 0.744. The number of hydrogen-bond acceptors (Lipinski definition) is 4. The Bertz CT molecular complexity index is 1090. The summed E-state index contributed by atoms with van der Waals surface area (Å²) >= 11 is 0. The van der Waals surface area contributed by atoms with Gasteiger partial charge in [0.05, 0.1) is 4.90 Å². The molecule has 2 aliphatic heterocycles. The van der Waals surface area contributed by atoms with E-state index in [0.29, 0.717) is 42.6 Å². The van der Waals surface area contributed by atoms with Crippen LogP contribution in [0.2, 0.25) is 0 Å². The van der Waals surface area contributed by atoms with Gasteiger partial charge in [-0.3, -0.25) is 9.59 Å². The van der Waals surface area contributed by atoms with Crippen LogP contribution in [0.3, 0.4) is 0 Å². The molecule has 2 atom stereocenters. The maximum absolute atomic E-state index is 13.0. The molecular formula is C24H29N3O4S. The Kier molecular flexibility index (Phi) is 6.35. The lowest BCUT2D eigenvalue weighted by Gasteiger charge is -2.34. The highest BCUT2D eigenvalue weighted by molar-refractivity contribution is 7.89. The van der Waals surface area contributed by atoms with Gasteiger partial charge in [0.2, 0.25) is 15.9 Å². The number of hydrogen-bond donors (Lipinski definition) is 1. The van der Waals surface area contributed by atoms with E-state index in [0.717, 1.165) is 25.1 Å². The predicted molar refractivity (Wildman–Crippen MR) is 124 cm³/mol. The second-order valence-corrected chi connectivity index (χ2v) is 10.9. The van der Waals surface area contributed by atoms with Gasteiger partial charge in [-0.1, -0.05) is 13.8 Å². The first-order valence-electron chi connectivity index (χ1n) is 11.1. The van der Waals surface area contributed by atoms with E-state index >= 15 is 0 Å². The van der Waals surface area contributed by atoms with Crippen molar-refractivity contribution in [2.45, 2.75) is 38.0 Å². The maximum atomic E-state index is 13.0. The summed E-state index contributed by atoms with van der Waals surface area (Å²) < 4.78 is 27.6. The fourth-order valence-corrected chi connectivity index (χ4v) is 6.26. The highest BCUT2D eigenvalue weighted by Gasteiger charge is 2.31. The van der Waals surface area contributed by atoms with E-state index < -0.39 is 10.0 Å². The Labute approximate surface area is 189 Å². The molecule has 2 aromatic carbocycles. The normalized spacial score (nSPS) is 22.2. The molecular weight excluding hydrogens is 426 g/mol. The van der Waals surface area contributed by atoms with Crippen molar-refractivity contribution >= 4 is 33.2 Å². The Balaban J connectivity index is 1.42. The van der Waals surface area contributed by atoms with Crippen molar-refractivity contribution in [3.05, 3.63) is 54.1 Å². The second-order valence-electron chi connectivity index (χ2n) is 8.94. The third-order valence-corrected chi connectivity index (χ3v) is 7.95. The predicted octanol–water partition coefficient (Wildman–Crippen LogP) is 3.73. The van der Waals surface area contributed by atoms with Crippen LogP contribution in [0, 0.1) is 11.8 Å². The van der Waals surface area contributed by atoms with Crippen LogP contribution in [0.4, 0.5) is 11.4 Å². The zero-order valence-electron chi connectivity index (χ0n) is 18.5. The van der Waals surface area contributed by atoms with Gasteiger partial charge < -0.3 is 10.2 Å². The summed E-state index contributed by atoms with van der Waals surface area (Å²) in [7, 11) is -3.58. The van der Waals surface area contributed by atoms with E-state index in [1.54, 1.807) is 21.3 Å². The van der Waals surface area contributed by atoms with E-state index in [4.69, 9.17) is 0 Å². The summed E-state index contributed by atoms with van der Waals surface area (Å²) in [6.45, 7) is 5.90. The van der Waals surface area contributed by atoms with E-state index in [1.165, 1.54) is 24.3 Å². The molecule has 0 aliphatic carbocycles. The molecule has 2 aliphatic rings. The molecule has 8 heteroatoms. The van der Waals surface area contributed by atoms with Crippen LogP contribution in [-0.2, 0) is 14.8 Å². The Morgan fingerprint density at radius 1 is 0.969 bits per heavy atom. The minimum Gasteiger partial charge on any atom is -0.322 e. The summed E-state index contributed by atoms with van der Waals surface area (Å²) in [5.41, 5.74) is 1.81. The highest BCUT2D eigenvalue weighted by atomic mass is 32.2. The van der Waals surface area contributed by atoms with E-state index in [9.17, 15) is 18.0 Å². The molecule has 0 radical (unpaired) electrons. The number of piperidine rings is 1. The fourth-order valence-electron chi connectivity index (χ4n) is 4.58. The van der Waals surface area contributed by atoms with E-state index in [2.05, 4.69) is 19.2 Å². The third-order valence-electron chi connectivity index (χ3n) is 6.10. The molecule has 7 nitrogen and oxygen atoms in total. The molecule has 32 heavy (non-hydrogen) atoms. The molecule has 2 fully saturated rings. The van der Waals surface area contributed by atoms with Crippen molar-refractivity contribution in [2.24, 2.45) is 11.8 Å². The van der Waals surface area contributed by atoms with Crippen LogP contribution in [-0.4, -0.2) is 44.2 Å². The third kappa shape index (κ3) is 4.71. The van der Waals surface area contributed by atoms with Crippen LogP contribution >= 0.6 is 0 Å². The largest absolute Gasteiger partial charge is 0.322 e. The molecule has 170 valence electrons. The molecule has 0 aromatic heterocycles. The molecule has 2 aromatic rings. The van der Waals surface area contributed by atoms with Gasteiger partial charge in [-0.15, -0.1) is 0 Å². The number of sulfonamides is 1. The van der Waals surface area contributed by atoms with Crippen LogP contribution in [0.25, 0.3) is 0 Å². The van der Waals surface area contributed by atoms with Gasteiger partial charge >= 0.3 is 0 Å². The minimum atomic E-state index is -3.58. The van der Waals surface area contributed by atoms with Crippen LogP contribution in [0.1, 0.15) is 43.5 Å². The van der Waals surface area contributed by atoms with Gasteiger partial charge in [0.25, 0.3) is 5.91 Å². The summed E-state index contributed by atoms with van der Waals surface area (Å²) in [5.74, 6) is 0.451. The molecule has 0 bridgehead atoms. The van der Waals surface area contributed by atoms with Crippen LogP contribution in [0.15, 0.2) is 53.4 Å². The van der Waals surface area contributed by atoms with E-state index in [-0.39, 0.29) is 16.7 Å². The molecule has 2 amide bonds. The van der Waals surface area contributed by atoms with Crippen LogP contribution in [0.5, 0.6) is 0 Å². The Hall–Kier alpha value is -2.71. The monoisotopic (exact) mass is 455 g/mol. The Morgan fingerprint density at radius 2 is 1.59 bits per heavy atom. The van der Waals surface area contributed by atoms with Crippen molar-refractivity contribution in [3.63, 3.8) is 0 Å². The average molecular weight is 456 g/mol. The number of nitrogens with zero attached hydrogens (tertiary/aromatic N) is 2. The van der Waals surface area contributed by atoms with Crippen molar-refractivity contribution in [2.75, 3.05) is 29.9 Å². The zero-order chi connectivity index (χ0) is 22.9. The molecule has 2 heterocycles. The molecule has 0 saturated carbocycles. The lowest BCUT2D eigenvalue weighted by molar-refractivity contribution is -0.117. The lowest BCUT2D eigenvalue weighted by Crippen LogP contribution is -2.42. The van der Waals surface area contributed by atoms with Crippen molar-refractivity contribution in [3.8, 4) is 0 Å². The van der Waals surface area contributed by atoms with Gasteiger partial charge in [0, 0.05) is 43.0 Å². The highest BCUT2D eigenvalue weighted by Crippen LogP contribution is 2.27. The molecule has 2 unspecified atom stereocenters. The molecule has 1 N–H and O–H groups in total. The number of carbonyl (C=O) groups is 2. The van der Waals surface area contributed by atoms with Gasteiger partial charge in [0.1, 0.15) is 0 Å². The number of nitrogens with one attached hydrogen (secondary N) is 1. The van der Waals surface area contributed by atoms with Crippen molar-refractivity contribution < 1.29 is 18.0 Å². The zero-order valence-corrected chi connectivity index (χ0v) is 19.3. The van der Waals surface area contributed by atoms with E-state index in [1.807, 2.05) is 12.1 Å². The maximum Gasteiger partial charge on any atom is 0.255 e. The SMILES string of the molecule is CC1CC(C)CN(S(=O)(=O)c2ccc(C(=O)Nc3ccc(N4CCCC4=O)cc3)cc2)C1. The minimum absolute atomic E-state index is 0.116. The number of benzene rings is 2. The Morgan fingerprint density at radius 3 is 2.16 bits per heavy atom. The summed E-state index contributed by atoms with van der Waals surface area (Å²) in [5, 5.41) is 2.82. The smallest absolute Gasteiger partial charge is 0.255 e. The first-order chi connectivity index (χ1) is 15.2. The number of anilines is 2. The molecule has 0 spiro atoms. The van der Waals surface area contributed by atoms with Gasteiger partial charge in [-0.05, 0) is 73.2 Å². The van der Waals surface area contributed by atoms with Crippen molar-refractivity contribution in [1.29, 1.82) is 0 Å². The molecule has 4 rings (SSSR count). The van der Waals surface area contributed by atoms with Gasteiger partial charge in [-0.25, -0.2) is 8.42 Å².